The number of hydrogen-bond acceptors (Lipinski definition) is 11. The summed E-state index contributed by atoms with van der Waals surface area (Å²) >= 11 is 0. The molecule has 0 bridgehead atoms. The third kappa shape index (κ3) is 15.7. The average molecular weight is 998 g/mol. The first kappa shape index (κ1) is 57.5. The summed E-state index contributed by atoms with van der Waals surface area (Å²) in [5.74, 6) is -8.15. The topological polar surface area (TPSA) is 308 Å². The molecule has 396 valence electrons. The lowest BCUT2D eigenvalue weighted by Crippen LogP contribution is -2.62. The van der Waals surface area contributed by atoms with Crippen LogP contribution in [0.1, 0.15) is 126 Å². The van der Waals surface area contributed by atoms with Crippen LogP contribution in [0.2, 0.25) is 0 Å². The van der Waals surface area contributed by atoms with Crippen molar-refractivity contribution in [2.45, 2.75) is 174 Å². The summed E-state index contributed by atoms with van der Waals surface area (Å²) < 4.78 is 0. The van der Waals surface area contributed by atoms with Crippen LogP contribution < -0.4 is 43.0 Å². The predicted molar refractivity (Wildman–Crippen MR) is 261 cm³/mol. The fraction of sp³-hybridized carbons (Fsp3) is 0.735. The first-order valence-corrected chi connectivity index (χ1v) is 25.5. The molecule has 0 aliphatic carbocycles. The number of primary amides is 1. The predicted octanol–water partition coefficient (Wildman–Crippen LogP) is -0.755. The standard InChI is InChI=1S/C49H79N11O11/c1-9-29(7)40-46(68)53-31(19-20-36(50)61)42(64)51-21-11-18-37(62)52-26-38(63)58-22-14-17-35(58)49(71)60-24-13-16-34(60)43(65)55-39(28(5)6)45(67)57-41(30(8)10-2)47(69)54-32(25-27(3)4)48(70)59-23-12-15-33(59)44(66)56-40/h11,18,27-35,39-41H,9-10,12-17,19-26H2,1-8H3,(H2,50,61)(H,51,64)(H,52,62)(H,53,68)(H,54,69)(H,55,65)(H,56,66)(H,57,67)/b18-11+/t29?,30?,31-,32-,33-,34-,35-,39-,40-,41-/m0/s1. The van der Waals surface area contributed by atoms with Crippen molar-refractivity contribution in [1.82, 2.24) is 51.9 Å². The van der Waals surface area contributed by atoms with E-state index in [0.29, 0.717) is 44.9 Å². The SMILES string of the molecule is CCC(C)[C@@H]1NC(=O)[C@H](C(C)C)NC(=O)[C@@H]2CCCN2C(=O)[C@@H]2CCCN2C(=O)CNC(=O)/C=C/CNC(=O)[C@H](CCC(N)=O)NC(=O)[C@H](C(C)CC)NC(=O)[C@@H]2CCCN2C(=O)[C@H](CC(C)C)NC1=O. The molecule has 11 amide bonds. The first-order valence-electron chi connectivity index (χ1n) is 25.5. The van der Waals surface area contributed by atoms with Gasteiger partial charge in [-0.25, -0.2) is 0 Å². The molecule has 0 saturated carbocycles. The smallest absolute Gasteiger partial charge is 0.246 e. The zero-order valence-corrected chi connectivity index (χ0v) is 42.8. The molecule has 0 spiro atoms. The molecule has 0 aromatic heterocycles. The van der Waals surface area contributed by atoms with Crippen molar-refractivity contribution in [3.63, 3.8) is 0 Å². The summed E-state index contributed by atoms with van der Waals surface area (Å²) in [6, 6.07) is -8.64. The van der Waals surface area contributed by atoms with E-state index in [2.05, 4.69) is 37.2 Å². The highest BCUT2D eigenvalue weighted by Gasteiger charge is 2.44. The van der Waals surface area contributed by atoms with E-state index in [0.717, 1.165) is 6.08 Å². The molecule has 9 N–H and O–H groups in total. The molecule has 22 nitrogen and oxygen atoms in total. The summed E-state index contributed by atoms with van der Waals surface area (Å²) in [5.41, 5.74) is 5.40. The Kier molecular flexibility index (Phi) is 21.8. The molecule has 3 saturated heterocycles. The number of nitrogens with two attached hydrogens (primary N) is 1. The van der Waals surface area contributed by atoms with E-state index >= 15 is 0 Å². The Hall–Kier alpha value is -6.09. The van der Waals surface area contributed by atoms with Crippen LogP contribution >= 0.6 is 0 Å². The van der Waals surface area contributed by atoms with E-state index < -0.39 is 138 Å². The molecule has 3 fully saturated rings. The highest BCUT2D eigenvalue weighted by Crippen LogP contribution is 2.26. The summed E-state index contributed by atoms with van der Waals surface area (Å²) in [6.07, 6.45) is 5.45. The molecule has 10 atom stereocenters. The van der Waals surface area contributed by atoms with Crippen LogP contribution in [0.3, 0.4) is 0 Å². The zero-order valence-electron chi connectivity index (χ0n) is 42.8. The molecule has 4 aliphatic rings. The summed E-state index contributed by atoms with van der Waals surface area (Å²) in [6.45, 7) is 14.5. The van der Waals surface area contributed by atoms with E-state index in [-0.39, 0.29) is 57.8 Å². The Balaban J connectivity index is 1.69. The van der Waals surface area contributed by atoms with Gasteiger partial charge in [-0.2, -0.15) is 0 Å². The zero-order chi connectivity index (χ0) is 52.7. The van der Waals surface area contributed by atoms with Gasteiger partial charge in [0.05, 0.1) is 6.54 Å². The number of hydrogen-bond donors (Lipinski definition) is 8. The van der Waals surface area contributed by atoms with Crippen LogP contribution in [-0.2, 0) is 52.7 Å². The molecule has 0 aromatic rings. The minimum atomic E-state index is -1.28. The Morgan fingerprint density at radius 3 is 1.59 bits per heavy atom. The Morgan fingerprint density at radius 1 is 0.592 bits per heavy atom. The molecule has 4 heterocycles. The van der Waals surface area contributed by atoms with Gasteiger partial charge in [0.1, 0.15) is 48.3 Å². The van der Waals surface area contributed by atoms with Crippen molar-refractivity contribution in [3.8, 4) is 0 Å². The molecule has 0 radical (unpaired) electrons. The van der Waals surface area contributed by atoms with Crippen LogP contribution in [0.15, 0.2) is 12.2 Å². The normalized spacial score (nSPS) is 29.0. The molecule has 0 aromatic carbocycles. The lowest BCUT2D eigenvalue weighted by molar-refractivity contribution is -0.147. The van der Waals surface area contributed by atoms with Gasteiger partial charge in [0.2, 0.25) is 65.0 Å². The number of carbonyl (C=O) groups is 11. The molecule has 4 aliphatic heterocycles. The third-order valence-electron chi connectivity index (χ3n) is 14.1. The first-order chi connectivity index (χ1) is 33.6. The van der Waals surface area contributed by atoms with Gasteiger partial charge in [-0.05, 0) is 75.0 Å². The van der Waals surface area contributed by atoms with Crippen molar-refractivity contribution >= 4 is 65.0 Å². The maximum atomic E-state index is 14.5. The fourth-order valence-electron chi connectivity index (χ4n) is 9.54. The maximum absolute atomic E-state index is 14.5. The van der Waals surface area contributed by atoms with Gasteiger partial charge in [-0.15, -0.1) is 0 Å². The van der Waals surface area contributed by atoms with Gasteiger partial charge < -0.3 is 57.7 Å². The second-order valence-corrected chi connectivity index (χ2v) is 20.2. The van der Waals surface area contributed by atoms with Crippen LogP contribution in [0.5, 0.6) is 0 Å². The van der Waals surface area contributed by atoms with Gasteiger partial charge in [0.25, 0.3) is 0 Å². The number of nitrogens with one attached hydrogen (secondary N) is 7. The molecule has 22 heteroatoms. The maximum Gasteiger partial charge on any atom is 0.246 e. The summed E-state index contributed by atoms with van der Waals surface area (Å²) in [7, 11) is 0. The van der Waals surface area contributed by atoms with Gasteiger partial charge in [-0.1, -0.05) is 74.3 Å². The lowest BCUT2D eigenvalue weighted by atomic mass is 9.95. The van der Waals surface area contributed by atoms with E-state index in [1.54, 1.807) is 27.7 Å². The number of carbonyl (C=O) groups excluding carboxylic acids is 11. The molecular formula is C49H79N11O11. The minimum absolute atomic E-state index is 0.0962. The van der Waals surface area contributed by atoms with Crippen molar-refractivity contribution in [2.24, 2.45) is 29.4 Å². The van der Waals surface area contributed by atoms with Gasteiger partial charge in [0.15, 0.2) is 0 Å². The molecule has 4 rings (SSSR count). The third-order valence-corrected chi connectivity index (χ3v) is 14.1. The molecule has 71 heavy (non-hydrogen) atoms. The highest BCUT2D eigenvalue weighted by atomic mass is 16.2. The Morgan fingerprint density at radius 2 is 1.07 bits per heavy atom. The lowest BCUT2D eigenvalue weighted by Gasteiger charge is -2.34. The van der Waals surface area contributed by atoms with Crippen molar-refractivity contribution in [1.29, 1.82) is 0 Å². The van der Waals surface area contributed by atoms with Crippen LogP contribution in [-0.4, -0.2) is 161 Å². The quantitative estimate of drug-likeness (QED) is 0.135. The number of rotatable bonds is 10. The van der Waals surface area contributed by atoms with Gasteiger partial charge >= 0.3 is 0 Å². The van der Waals surface area contributed by atoms with Crippen LogP contribution in [0.25, 0.3) is 0 Å². The largest absolute Gasteiger partial charge is 0.370 e. The van der Waals surface area contributed by atoms with Gasteiger partial charge in [0, 0.05) is 38.7 Å². The monoisotopic (exact) mass is 998 g/mol. The second-order valence-electron chi connectivity index (χ2n) is 20.2. The number of fused-ring (bicyclic) bond motifs is 3. The fourth-order valence-corrected chi connectivity index (χ4v) is 9.54. The number of amides is 11. The highest BCUT2D eigenvalue weighted by molar-refractivity contribution is 5.99. The Bertz CT molecular complexity index is 2010. The molecule has 2 unspecified atom stereocenters. The number of nitrogens with zero attached hydrogens (tertiary/aromatic N) is 3. The van der Waals surface area contributed by atoms with Crippen molar-refractivity contribution in [2.75, 3.05) is 32.7 Å². The van der Waals surface area contributed by atoms with E-state index in [9.17, 15) is 52.7 Å². The summed E-state index contributed by atoms with van der Waals surface area (Å²) in [4.78, 5) is 155. The van der Waals surface area contributed by atoms with Crippen LogP contribution in [0.4, 0.5) is 0 Å². The Labute approximate surface area is 417 Å². The van der Waals surface area contributed by atoms with Crippen molar-refractivity contribution in [3.05, 3.63) is 12.2 Å². The summed E-state index contributed by atoms with van der Waals surface area (Å²) in [5, 5.41) is 19.1. The van der Waals surface area contributed by atoms with Crippen LogP contribution in [0, 0.1) is 23.7 Å². The minimum Gasteiger partial charge on any atom is -0.370 e. The van der Waals surface area contributed by atoms with E-state index in [1.165, 1.54) is 20.8 Å². The average Bonchev–Trinajstić information content (AvgIpc) is 4.14. The molecular weight excluding hydrogens is 919 g/mol. The van der Waals surface area contributed by atoms with E-state index in [4.69, 9.17) is 5.73 Å². The second kappa shape index (κ2) is 26.9. The van der Waals surface area contributed by atoms with E-state index in [1.807, 2.05) is 27.7 Å². The van der Waals surface area contributed by atoms with Gasteiger partial charge in [-0.3, -0.25) is 52.7 Å². The van der Waals surface area contributed by atoms with Crippen molar-refractivity contribution < 1.29 is 52.7 Å².